The smallest absolute Gasteiger partial charge is 0.0490 e. The number of anilines is 6. The molecule has 0 aliphatic carbocycles. The van der Waals surface area contributed by atoms with Gasteiger partial charge >= 0.3 is 0 Å². The van der Waals surface area contributed by atoms with Crippen LogP contribution in [0.2, 0.25) is 0 Å². The Labute approximate surface area is 330 Å². The molecule has 0 spiro atoms. The van der Waals surface area contributed by atoms with E-state index in [4.69, 9.17) is 0 Å². The van der Waals surface area contributed by atoms with E-state index in [1.807, 2.05) is 0 Å². The summed E-state index contributed by atoms with van der Waals surface area (Å²) in [5.41, 5.74) is 16.7. The molecule has 0 saturated carbocycles. The average Bonchev–Trinajstić information content (AvgIpc) is 3.23. The SMILES string of the molecule is Cc1ccc(N(c2ccc(-c3ccc(-c4ccc(N(c5ccc6ccccc6c5)c5ccc(C)cc5C)cc4)cc3)cc2)c2ccc3ccccc3c2)c(C)c1. The van der Waals surface area contributed by atoms with Crippen LogP contribution >= 0.6 is 0 Å². The van der Waals surface area contributed by atoms with Gasteiger partial charge in [0.05, 0.1) is 0 Å². The lowest BCUT2D eigenvalue weighted by molar-refractivity contribution is 1.24. The Bertz CT molecular complexity index is 2640. The maximum atomic E-state index is 2.37. The minimum atomic E-state index is 1.13. The Morgan fingerprint density at radius 3 is 0.946 bits per heavy atom. The van der Waals surface area contributed by atoms with Gasteiger partial charge < -0.3 is 9.80 Å². The summed E-state index contributed by atoms with van der Waals surface area (Å²) in [5, 5.41) is 4.95. The zero-order valence-corrected chi connectivity index (χ0v) is 32.4. The summed E-state index contributed by atoms with van der Waals surface area (Å²) < 4.78 is 0. The summed E-state index contributed by atoms with van der Waals surface area (Å²) in [6.45, 7) is 8.71. The van der Waals surface area contributed by atoms with Crippen LogP contribution in [0.5, 0.6) is 0 Å². The van der Waals surface area contributed by atoms with E-state index >= 15 is 0 Å². The van der Waals surface area contributed by atoms with Crippen molar-refractivity contribution in [3.63, 3.8) is 0 Å². The van der Waals surface area contributed by atoms with Crippen molar-refractivity contribution >= 4 is 55.7 Å². The second kappa shape index (κ2) is 14.7. The number of aryl methyl sites for hydroxylation is 4. The van der Waals surface area contributed by atoms with Crippen LogP contribution in [0.4, 0.5) is 34.1 Å². The monoisotopic (exact) mass is 720 g/mol. The normalized spacial score (nSPS) is 11.2. The fourth-order valence-electron chi connectivity index (χ4n) is 8.06. The van der Waals surface area contributed by atoms with E-state index in [1.54, 1.807) is 0 Å². The lowest BCUT2D eigenvalue weighted by Crippen LogP contribution is -2.11. The summed E-state index contributed by atoms with van der Waals surface area (Å²) in [5.74, 6) is 0. The molecule has 0 fully saturated rings. The molecule has 2 heteroatoms. The molecule has 0 aliphatic heterocycles. The van der Waals surface area contributed by atoms with Gasteiger partial charge in [-0.25, -0.2) is 0 Å². The van der Waals surface area contributed by atoms with E-state index in [0.717, 1.165) is 22.7 Å². The molecule has 0 atom stereocenters. The van der Waals surface area contributed by atoms with Gasteiger partial charge in [0.1, 0.15) is 0 Å². The van der Waals surface area contributed by atoms with Crippen LogP contribution < -0.4 is 9.80 Å². The molecular weight excluding hydrogens is 677 g/mol. The van der Waals surface area contributed by atoms with E-state index in [1.165, 1.54) is 77.4 Å². The highest BCUT2D eigenvalue weighted by atomic mass is 15.1. The highest BCUT2D eigenvalue weighted by Crippen LogP contribution is 2.41. The number of benzene rings is 9. The largest absolute Gasteiger partial charge is 0.310 e. The van der Waals surface area contributed by atoms with E-state index in [9.17, 15) is 0 Å². The number of hydrogen-bond acceptors (Lipinski definition) is 2. The second-order valence-corrected chi connectivity index (χ2v) is 15.0. The van der Waals surface area contributed by atoms with Crippen molar-refractivity contribution < 1.29 is 0 Å². The molecule has 0 saturated heterocycles. The standard InChI is InChI=1S/C54H44N2/c1-37-13-31-53(39(3)33-37)55(51-29-23-41-9-5-7-11-47(41)35-51)49-25-19-45(20-26-49)43-15-17-44(18-16-43)46-21-27-50(28-22-46)56(54-32-14-38(2)34-40(54)4)52-30-24-42-10-6-8-12-48(42)36-52/h5-36H,1-4H3. The van der Waals surface area contributed by atoms with Crippen molar-refractivity contribution in [2.75, 3.05) is 9.80 Å². The molecular formula is C54H44N2. The van der Waals surface area contributed by atoms with Crippen molar-refractivity contribution in [2.24, 2.45) is 0 Å². The Kier molecular flexibility index (Phi) is 9.17. The molecule has 0 N–H and O–H groups in total. The van der Waals surface area contributed by atoms with Gasteiger partial charge in [0.2, 0.25) is 0 Å². The molecule has 0 heterocycles. The van der Waals surface area contributed by atoms with Crippen LogP contribution in [0.3, 0.4) is 0 Å². The fraction of sp³-hybridized carbons (Fsp3) is 0.0741. The number of fused-ring (bicyclic) bond motifs is 2. The first-order valence-corrected chi connectivity index (χ1v) is 19.4. The third kappa shape index (κ3) is 6.83. The molecule has 9 aromatic carbocycles. The summed E-state index contributed by atoms with van der Waals surface area (Å²) >= 11 is 0. The van der Waals surface area contributed by atoms with Gasteiger partial charge in [-0.1, -0.05) is 145 Å². The summed E-state index contributed by atoms with van der Waals surface area (Å²) in [6, 6.07) is 70.9. The van der Waals surface area contributed by atoms with Crippen molar-refractivity contribution in [3.05, 3.63) is 216 Å². The van der Waals surface area contributed by atoms with Gasteiger partial charge in [-0.2, -0.15) is 0 Å². The maximum Gasteiger partial charge on any atom is 0.0490 e. The number of hydrogen-bond donors (Lipinski definition) is 0. The number of nitrogens with zero attached hydrogens (tertiary/aromatic N) is 2. The molecule has 9 aromatic rings. The second-order valence-electron chi connectivity index (χ2n) is 15.0. The fourth-order valence-corrected chi connectivity index (χ4v) is 8.06. The zero-order chi connectivity index (χ0) is 38.2. The molecule has 9 rings (SSSR count). The van der Waals surface area contributed by atoms with E-state index in [0.29, 0.717) is 0 Å². The van der Waals surface area contributed by atoms with Crippen molar-refractivity contribution in [1.82, 2.24) is 0 Å². The van der Waals surface area contributed by atoms with Crippen LogP contribution in [-0.2, 0) is 0 Å². The Morgan fingerprint density at radius 1 is 0.268 bits per heavy atom. The molecule has 2 nitrogen and oxygen atoms in total. The third-order valence-corrected chi connectivity index (χ3v) is 11.0. The average molecular weight is 721 g/mol. The zero-order valence-electron chi connectivity index (χ0n) is 32.4. The van der Waals surface area contributed by atoms with Crippen LogP contribution in [0.25, 0.3) is 43.8 Å². The molecule has 56 heavy (non-hydrogen) atoms. The van der Waals surface area contributed by atoms with E-state index < -0.39 is 0 Å². The first-order chi connectivity index (χ1) is 27.4. The molecule has 0 aliphatic rings. The maximum absolute atomic E-state index is 2.37. The van der Waals surface area contributed by atoms with Crippen molar-refractivity contribution in [2.45, 2.75) is 27.7 Å². The van der Waals surface area contributed by atoms with Gasteiger partial charge in [0.15, 0.2) is 0 Å². The van der Waals surface area contributed by atoms with E-state index in [-0.39, 0.29) is 0 Å². The minimum absolute atomic E-state index is 1.13. The van der Waals surface area contributed by atoms with Gasteiger partial charge in [0, 0.05) is 34.1 Å². The van der Waals surface area contributed by atoms with Crippen LogP contribution in [0.15, 0.2) is 194 Å². The molecule has 0 bridgehead atoms. The summed E-state index contributed by atoms with van der Waals surface area (Å²) in [4.78, 5) is 4.75. The molecule has 0 amide bonds. The summed E-state index contributed by atoms with van der Waals surface area (Å²) in [6.07, 6.45) is 0. The van der Waals surface area contributed by atoms with Gasteiger partial charge in [-0.05, 0) is 143 Å². The van der Waals surface area contributed by atoms with Crippen LogP contribution in [0, 0.1) is 27.7 Å². The predicted octanol–water partition coefficient (Wildman–Crippen LogP) is 15.5. The first kappa shape index (κ1) is 34.8. The molecule has 0 radical (unpaired) electrons. The molecule has 0 unspecified atom stereocenters. The minimum Gasteiger partial charge on any atom is -0.310 e. The molecule has 0 aromatic heterocycles. The van der Waals surface area contributed by atoms with Crippen LogP contribution in [0.1, 0.15) is 22.3 Å². The first-order valence-electron chi connectivity index (χ1n) is 19.4. The van der Waals surface area contributed by atoms with E-state index in [2.05, 4.69) is 232 Å². The van der Waals surface area contributed by atoms with Gasteiger partial charge in [0.25, 0.3) is 0 Å². The topological polar surface area (TPSA) is 6.48 Å². The highest BCUT2D eigenvalue weighted by molar-refractivity contribution is 5.91. The predicted molar refractivity (Wildman–Crippen MR) is 241 cm³/mol. The third-order valence-electron chi connectivity index (χ3n) is 11.0. The highest BCUT2D eigenvalue weighted by Gasteiger charge is 2.17. The Morgan fingerprint density at radius 2 is 0.589 bits per heavy atom. The van der Waals surface area contributed by atoms with Gasteiger partial charge in [-0.15, -0.1) is 0 Å². The van der Waals surface area contributed by atoms with Crippen molar-refractivity contribution in [3.8, 4) is 22.3 Å². The van der Waals surface area contributed by atoms with Crippen molar-refractivity contribution in [1.29, 1.82) is 0 Å². The van der Waals surface area contributed by atoms with Crippen LogP contribution in [-0.4, -0.2) is 0 Å². The lowest BCUT2D eigenvalue weighted by Gasteiger charge is -2.28. The molecule has 270 valence electrons. The quantitative estimate of drug-likeness (QED) is 0.154. The lowest BCUT2D eigenvalue weighted by atomic mass is 9.99. The summed E-state index contributed by atoms with van der Waals surface area (Å²) in [7, 11) is 0. The van der Waals surface area contributed by atoms with Gasteiger partial charge in [-0.3, -0.25) is 0 Å². The number of rotatable bonds is 8. The Hall–Kier alpha value is -6.90. The Balaban J connectivity index is 1.000.